The number of rotatable bonds is 5. The van der Waals surface area contributed by atoms with Gasteiger partial charge >= 0.3 is 5.97 Å². The summed E-state index contributed by atoms with van der Waals surface area (Å²) in [6.07, 6.45) is 2.14. The summed E-state index contributed by atoms with van der Waals surface area (Å²) in [5.74, 6) is 0.223. The minimum atomic E-state index is -0.861. The normalized spacial score (nSPS) is 16.6. The van der Waals surface area contributed by atoms with Crippen molar-refractivity contribution in [3.63, 3.8) is 0 Å². The highest BCUT2D eigenvalue weighted by Crippen LogP contribution is 2.49. The predicted molar refractivity (Wildman–Crippen MR) is 72.3 cm³/mol. The number of hydrogen-bond acceptors (Lipinski definition) is 3. The maximum atomic E-state index is 11.6. The van der Waals surface area contributed by atoms with Crippen LogP contribution in [0.25, 0.3) is 0 Å². The van der Waals surface area contributed by atoms with Gasteiger partial charge in [0.05, 0.1) is 24.2 Å². The van der Waals surface area contributed by atoms with Gasteiger partial charge in [-0.3, -0.25) is 4.79 Å². The Hall–Kier alpha value is -1.42. The van der Waals surface area contributed by atoms with Crippen LogP contribution in [0, 0.1) is 0 Å². The molecule has 0 spiro atoms. The molecule has 0 atom stereocenters. The van der Waals surface area contributed by atoms with Gasteiger partial charge in [-0.25, -0.2) is 0 Å². The number of methoxy groups -OCH3 is 1. The van der Waals surface area contributed by atoms with Gasteiger partial charge in [0, 0.05) is 11.6 Å². The number of carbonyl (C=O) groups is 1. The third kappa shape index (κ3) is 2.25. The molecule has 5 heteroatoms. The average molecular weight is 285 g/mol. The van der Waals surface area contributed by atoms with E-state index in [1.807, 2.05) is 6.92 Å². The van der Waals surface area contributed by atoms with E-state index in [2.05, 4.69) is 0 Å². The number of hydrogen-bond donors (Lipinski definition) is 1. The van der Waals surface area contributed by atoms with E-state index in [-0.39, 0.29) is 0 Å². The zero-order chi connectivity index (χ0) is 14.0. The van der Waals surface area contributed by atoms with Crippen molar-refractivity contribution >= 4 is 17.6 Å². The quantitative estimate of drug-likeness (QED) is 0.902. The van der Waals surface area contributed by atoms with Gasteiger partial charge in [-0.15, -0.1) is 0 Å². The van der Waals surface area contributed by atoms with E-state index in [0.29, 0.717) is 41.5 Å². The Labute approximate surface area is 117 Å². The lowest BCUT2D eigenvalue weighted by Crippen LogP contribution is -2.42. The molecule has 104 valence electrons. The molecule has 1 fully saturated rings. The molecule has 1 N–H and O–H groups in total. The molecule has 0 unspecified atom stereocenters. The van der Waals surface area contributed by atoms with Gasteiger partial charge in [-0.1, -0.05) is 18.0 Å². The summed E-state index contributed by atoms with van der Waals surface area (Å²) >= 11 is 6.12. The zero-order valence-corrected chi connectivity index (χ0v) is 11.8. The third-order valence-corrected chi connectivity index (χ3v) is 3.98. The Bertz CT molecular complexity index is 494. The first-order valence-electron chi connectivity index (χ1n) is 6.29. The van der Waals surface area contributed by atoms with Gasteiger partial charge in [0.25, 0.3) is 0 Å². The molecule has 0 amide bonds. The van der Waals surface area contributed by atoms with Crippen LogP contribution in [0.2, 0.25) is 5.02 Å². The summed E-state index contributed by atoms with van der Waals surface area (Å²) in [5, 5.41) is 9.93. The molecular formula is C14H17ClO4. The highest BCUT2D eigenvalue weighted by Gasteiger charge is 2.48. The topological polar surface area (TPSA) is 55.8 Å². The first-order chi connectivity index (χ1) is 9.05. The Balaban J connectivity index is 2.54. The molecule has 0 bridgehead atoms. The number of ether oxygens (including phenoxy) is 2. The molecule has 19 heavy (non-hydrogen) atoms. The molecule has 0 aromatic heterocycles. The van der Waals surface area contributed by atoms with Gasteiger partial charge in [0.2, 0.25) is 0 Å². The predicted octanol–water partition coefficient (Wildman–Crippen LogP) is 3.25. The number of aliphatic carboxylic acids is 1. The van der Waals surface area contributed by atoms with Crippen LogP contribution in [0.15, 0.2) is 12.1 Å². The van der Waals surface area contributed by atoms with Gasteiger partial charge in [-0.2, -0.15) is 0 Å². The molecule has 1 aliphatic rings. The van der Waals surface area contributed by atoms with Crippen molar-refractivity contribution in [3.05, 3.63) is 22.7 Å². The molecule has 1 aromatic carbocycles. The Morgan fingerprint density at radius 3 is 2.53 bits per heavy atom. The van der Waals surface area contributed by atoms with Crippen molar-refractivity contribution in [2.45, 2.75) is 31.6 Å². The van der Waals surface area contributed by atoms with Crippen LogP contribution in [-0.2, 0) is 10.2 Å². The second-order valence-electron chi connectivity index (χ2n) is 4.66. The molecule has 1 aliphatic carbocycles. The van der Waals surface area contributed by atoms with Gasteiger partial charge < -0.3 is 14.6 Å². The van der Waals surface area contributed by atoms with Crippen molar-refractivity contribution in [3.8, 4) is 11.5 Å². The first kappa shape index (κ1) is 14.0. The smallest absolute Gasteiger partial charge is 0.314 e. The lowest BCUT2D eigenvalue weighted by Gasteiger charge is -2.39. The summed E-state index contributed by atoms with van der Waals surface area (Å²) in [4.78, 5) is 11.6. The van der Waals surface area contributed by atoms with E-state index in [0.717, 1.165) is 6.42 Å². The molecule has 0 aliphatic heterocycles. The number of carboxylic acid groups (broad SMARTS) is 1. The highest BCUT2D eigenvalue weighted by molar-refractivity contribution is 6.32. The maximum Gasteiger partial charge on any atom is 0.314 e. The molecular weight excluding hydrogens is 268 g/mol. The van der Waals surface area contributed by atoms with Gasteiger partial charge in [0.1, 0.15) is 11.5 Å². The van der Waals surface area contributed by atoms with Crippen molar-refractivity contribution < 1.29 is 19.4 Å². The summed E-state index contributed by atoms with van der Waals surface area (Å²) in [6.45, 7) is 2.33. The van der Waals surface area contributed by atoms with Crippen LogP contribution < -0.4 is 9.47 Å². The lowest BCUT2D eigenvalue weighted by atomic mass is 9.64. The summed E-state index contributed by atoms with van der Waals surface area (Å²) < 4.78 is 10.7. The number of carboxylic acids is 1. The van der Waals surface area contributed by atoms with Crippen molar-refractivity contribution in [2.75, 3.05) is 13.7 Å². The van der Waals surface area contributed by atoms with Crippen molar-refractivity contribution in [1.29, 1.82) is 0 Å². The summed E-state index contributed by atoms with van der Waals surface area (Å²) in [7, 11) is 1.52. The van der Waals surface area contributed by atoms with Crippen LogP contribution in [0.4, 0.5) is 0 Å². The van der Waals surface area contributed by atoms with E-state index in [1.54, 1.807) is 12.1 Å². The third-order valence-electron chi connectivity index (χ3n) is 3.69. The fourth-order valence-corrected chi connectivity index (χ4v) is 2.71. The van der Waals surface area contributed by atoms with E-state index < -0.39 is 11.4 Å². The second kappa shape index (κ2) is 5.29. The average Bonchev–Trinajstić information content (AvgIpc) is 2.30. The first-order valence-corrected chi connectivity index (χ1v) is 6.67. The van der Waals surface area contributed by atoms with Crippen LogP contribution in [0.5, 0.6) is 11.5 Å². The summed E-state index contributed by atoms with van der Waals surface area (Å²) in [6, 6.07) is 3.34. The minimum Gasteiger partial charge on any atom is -0.495 e. The number of halogens is 1. The molecule has 1 aromatic rings. The molecule has 0 radical (unpaired) electrons. The van der Waals surface area contributed by atoms with E-state index in [1.165, 1.54) is 7.11 Å². The monoisotopic (exact) mass is 284 g/mol. The highest BCUT2D eigenvalue weighted by atomic mass is 35.5. The number of benzene rings is 1. The van der Waals surface area contributed by atoms with E-state index >= 15 is 0 Å². The van der Waals surface area contributed by atoms with Crippen LogP contribution in [-0.4, -0.2) is 24.8 Å². The van der Waals surface area contributed by atoms with Crippen LogP contribution in [0.3, 0.4) is 0 Å². The van der Waals surface area contributed by atoms with Crippen molar-refractivity contribution in [1.82, 2.24) is 0 Å². The lowest BCUT2D eigenvalue weighted by molar-refractivity contribution is -0.147. The largest absolute Gasteiger partial charge is 0.495 e. The fourth-order valence-electron chi connectivity index (χ4n) is 2.47. The van der Waals surface area contributed by atoms with E-state index in [4.69, 9.17) is 21.1 Å². The standard InChI is InChI=1S/C14H17ClO4/c1-3-19-11-8-12(18-2)10(15)7-9(11)14(13(16)17)5-4-6-14/h7-8H,3-6H2,1-2H3,(H,16,17). The fraction of sp³-hybridized carbons (Fsp3) is 0.500. The maximum absolute atomic E-state index is 11.6. The molecule has 2 rings (SSSR count). The van der Waals surface area contributed by atoms with Gasteiger partial charge in [-0.05, 0) is 25.8 Å². The van der Waals surface area contributed by atoms with Crippen molar-refractivity contribution in [2.24, 2.45) is 0 Å². The Kier molecular flexibility index (Phi) is 3.90. The van der Waals surface area contributed by atoms with E-state index in [9.17, 15) is 9.90 Å². The van der Waals surface area contributed by atoms with Crippen LogP contribution >= 0.6 is 11.6 Å². The molecule has 4 nitrogen and oxygen atoms in total. The Morgan fingerprint density at radius 2 is 2.11 bits per heavy atom. The van der Waals surface area contributed by atoms with Crippen LogP contribution in [0.1, 0.15) is 31.7 Å². The zero-order valence-electron chi connectivity index (χ0n) is 11.0. The molecule has 0 saturated heterocycles. The summed E-state index contributed by atoms with van der Waals surface area (Å²) in [5.41, 5.74) is -0.209. The SMILES string of the molecule is CCOc1cc(OC)c(Cl)cc1C1(C(=O)O)CCC1. The second-order valence-corrected chi connectivity index (χ2v) is 5.06. The minimum absolute atomic E-state index is 0.411. The molecule has 0 heterocycles. The Morgan fingerprint density at radius 1 is 1.42 bits per heavy atom. The van der Waals surface area contributed by atoms with Gasteiger partial charge in [0.15, 0.2) is 0 Å². The molecule has 1 saturated carbocycles.